The third-order valence-corrected chi connectivity index (χ3v) is 3.34. The lowest BCUT2D eigenvalue weighted by molar-refractivity contribution is 0.630. The van der Waals surface area contributed by atoms with Gasteiger partial charge in [0.05, 0.1) is 7.05 Å². The first-order chi connectivity index (χ1) is 9.33. The van der Waals surface area contributed by atoms with Crippen LogP contribution < -0.4 is 10.2 Å². The lowest BCUT2D eigenvalue weighted by Gasteiger charge is -2.22. The predicted octanol–water partition coefficient (Wildman–Crippen LogP) is 0.677. The number of benzene rings is 1. The molecule has 0 radical (unpaired) electrons. The summed E-state index contributed by atoms with van der Waals surface area (Å²) in [4.78, 5) is 3.89. The zero-order valence-electron chi connectivity index (χ0n) is 11.1. The summed E-state index contributed by atoms with van der Waals surface area (Å²) in [5.41, 5.74) is 2.26. The Bertz CT molecular complexity index is 524. The molecule has 6 nitrogen and oxygen atoms in total. The van der Waals surface area contributed by atoms with Crippen LogP contribution in [0.25, 0.3) is 11.4 Å². The van der Waals surface area contributed by atoms with E-state index in [0.717, 1.165) is 31.7 Å². The van der Waals surface area contributed by atoms with Crippen LogP contribution in [0, 0.1) is 0 Å². The second kappa shape index (κ2) is 5.36. The normalized spacial score (nSPS) is 16.4. The average Bonchev–Trinajstić information content (AvgIpc) is 2.72. The number of aromatic nitrogens is 4. The van der Waals surface area contributed by atoms with Gasteiger partial charge in [0.15, 0.2) is 0 Å². The fraction of sp³-hybridized carbons (Fsp3) is 0.462. The Labute approximate surface area is 112 Å². The minimum absolute atomic E-state index is 0.673. The molecule has 1 aliphatic heterocycles. The maximum atomic E-state index is 4.21. The van der Waals surface area contributed by atoms with Gasteiger partial charge in [0.1, 0.15) is 0 Å². The van der Waals surface area contributed by atoms with Gasteiger partial charge < -0.3 is 10.2 Å². The van der Waals surface area contributed by atoms with Gasteiger partial charge in [-0.3, -0.25) is 0 Å². The van der Waals surface area contributed by atoms with E-state index in [0.29, 0.717) is 5.82 Å². The van der Waals surface area contributed by atoms with Gasteiger partial charge in [-0.15, -0.1) is 10.2 Å². The molecule has 0 bridgehead atoms. The van der Waals surface area contributed by atoms with E-state index in [4.69, 9.17) is 0 Å². The van der Waals surface area contributed by atoms with Gasteiger partial charge >= 0.3 is 0 Å². The van der Waals surface area contributed by atoms with Crippen LogP contribution in [0.5, 0.6) is 0 Å². The fourth-order valence-electron chi connectivity index (χ4n) is 2.32. The summed E-state index contributed by atoms with van der Waals surface area (Å²) < 4.78 is 0. The fourth-order valence-corrected chi connectivity index (χ4v) is 2.32. The molecule has 0 saturated carbocycles. The van der Waals surface area contributed by atoms with E-state index in [1.54, 1.807) is 7.05 Å². The molecule has 1 aliphatic rings. The lowest BCUT2D eigenvalue weighted by atomic mass is 10.2. The molecule has 1 N–H and O–H groups in total. The van der Waals surface area contributed by atoms with Gasteiger partial charge in [-0.2, -0.15) is 4.80 Å². The highest BCUT2D eigenvalue weighted by molar-refractivity contribution is 5.59. The van der Waals surface area contributed by atoms with Crippen molar-refractivity contribution >= 4 is 5.69 Å². The van der Waals surface area contributed by atoms with Crippen molar-refractivity contribution in [2.75, 3.05) is 31.1 Å². The van der Waals surface area contributed by atoms with Crippen molar-refractivity contribution in [3.8, 4) is 11.4 Å². The number of anilines is 1. The first kappa shape index (κ1) is 12.1. The van der Waals surface area contributed by atoms with Gasteiger partial charge in [0.25, 0.3) is 0 Å². The number of nitrogens with one attached hydrogen (secondary N) is 1. The maximum absolute atomic E-state index is 4.21. The summed E-state index contributed by atoms with van der Waals surface area (Å²) in [5, 5.41) is 15.5. The van der Waals surface area contributed by atoms with Crippen LogP contribution in [-0.4, -0.2) is 46.4 Å². The number of hydrogen-bond donors (Lipinski definition) is 1. The minimum Gasteiger partial charge on any atom is -0.370 e. The highest BCUT2D eigenvalue weighted by Crippen LogP contribution is 2.20. The third kappa shape index (κ3) is 2.73. The molecular formula is C13H18N6. The molecule has 100 valence electrons. The average molecular weight is 258 g/mol. The SMILES string of the molecule is Cn1nnc(-c2ccc(N3CCCNCC3)cc2)n1. The summed E-state index contributed by atoms with van der Waals surface area (Å²) in [6.45, 7) is 4.32. The second-order valence-electron chi connectivity index (χ2n) is 4.74. The molecule has 6 heteroatoms. The molecule has 1 fully saturated rings. The highest BCUT2D eigenvalue weighted by Gasteiger charge is 2.10. The molecule has 0 atom stereocenters. The Kier molecular flexibility index (Phi) is 3.41. The Morgan fingerprint density at radius 2 is 1.95 bits per heavy atom. The predicted molar refractivity (Wildman–Crippen MR) is 73.9 cm³/mol. The van der Waals surface area contributed by atoms with Gasteiger partial charge in [-0.25, -0.2) is 0 Å². The molecule has 0 amide bonds. The molecule has 1 saturated heterocycles. The standard InChI is InChI=1S/C13H18N6/c1-18-16-13(15-17-18)11-3-5-12(6-4-11)19-9-2-7-14-8-10-19/h3-6,14H,2,7-10H2,1H3. The summed E-state index contributed by atoms with van der Waals surface area (Å²) in [6, 6.07) is 8.39. The van der Waals surface area contributed by atoms with E-state index in [1.165, 1.54) is 16.9 Å². The van der Waals surface area contributed by atoms with Crippen molar-refractivity contribution < 1.29 is 0 Å². The zero-order chi connectivity index (χ0) is 13.1. The molecule has 3 rings (SSSR count). The van der Waals surface area contributed by atoms with Crippen LogP contribution in [0.15, 0.2) is 24.3 Å². The molecular weight excluding hydrogens is 240 g/mol. The minimum atomic E-state index is 0.673. The monoisotopic (exact) mass is 258 g/mol. The molecule has 1 aromatic carbocycles. The van der Waals surface area contributed by atoms with Gasteiger partial charge in [0.2, 0.25) is 5.82 Å². The van der Waals surface area contributed by atoms with Crippen LogP contribution in [0.1, 0.15) is 6.42 Å². The van der Waals surface area contributed by atoms with Crippen LogP contribution in [0.4, 0.5) is 5.69 Å². The first-order valence-corrected chi connectivity index (χ1v) is 6.63. The highest BCUT2D eigenvalue weighted by atomic mass is 15.6. The number of tetrazole rings is 1. The number of hydrogen-bond acceptors (Lipinski definition) is 5. The Morgan fingerprint density at radius 3 is 2.68 bits per heavy atom. The summed E-state index contributed by atoms with van der Waals surface area (Å²) in [5.74, 6) is 0.673. The van der Waals surface area contributed by atoms with E-state index in [-0.39, 0.29) is 0 Å². The van der Waals surface area contributed by atoms with Gasteiger partial charge in [0, 0.05) is 30.9 Å². The summed E-state index contributed by atoms with van der Waals surface area (Å²) >= 11 is 0. The van der Waals surface area contributed by atoms with Crippen molar-refractivity contribution in [2.45, 2.75) is 6.42 Å². The molecule has 19 heavy (non-hydrogen) atoms. The molecule has 0 spiro atoms. The topological polar surface area (TPSA) is 58.9 Å². The number of rotatable bonds is 2. The van der Waals surface area contributed by atoms with E-state index < -0.39 is 0 Å². The Balaban J connectivity index is 1.78. The molecule has 0 unspecified atom stereocenters. The van der Waals surface area contributed by atoms with Crippen molar-refractivity contribution in [3.05, 3.63) is 24.3 Å². The summed E-state index contributed by atoms with van der Waals surface area (Å²) in [6.07, 6.45) is 1.19. The van der Waals surface area contributed by atoms with E-state index in [1.807, 2.05) is 0 Å². The smallest absolute Gasteiger partial charge is 0.204 e. The van der Waals surface area contributed by atoms with Crippen molar-refractivity contribution in [1.82, 2.24) is 25.5 Å². The van der Waals surface area contributed by atoms with Gasteiger partial charge in [-0.1, -0.05) is 0 Å². The molecule has 0 aliphatic carbocycles. The first-order valence-electron chi connectivity index (χ1n) is 6.63. The van der Waals surface area contributed by atoms with Crippen LogP contribution in [0.2, 0.25) is 0 Å². The van der Waals surface area contributed by atoms with E-state index in [2.05, 4.69) is 49.9 Å². The van der Waals surface area contributed by atoms with Crippen molar-refractivity contribution in [1.29, 1.82) is 0 Å². The Morgan fingerprint density at radius 1 is 1.11 bits per heavy atom. The Hall–Kier alpha value is -1.95. The number of aryl methyl sites for hydroxylation is 1. The van der Waals surface area contributed by atoms with Crippen molar-refractivity contribution in [2.24, 2.45) is 7.05 Å². The van der Waals surface area contributed by atoms with Gasteiger partial charge in [-0.05, 0) is 42.4 Å². The van der Waals surface area contributed by atoms with Crippen molar-refractivity contribution in [3.63, 3.8) is 0 Å². The molecule has 1 aromatic heterocycles. The largest absolute Gasteiger partial charge is 0.370 e. The quantitative estimate of drug-likeness (QED) is 0.858. The van der Waals surface area contributed by atoms with Crippen LogP contribution in [-0.2, 0) is 7.05 Å². The molecule has 2 aromatic rings. The second-order valence-corrected chi connectivity index (χ2v) is 4.74. The van der Waals surface area contributed by atoms with Crippen LogP contribution in [0.3, 0.4) is 0 Å². The molecule has 2 heterocycles. The zero-order valence-corrected chi connectivity index (χ0v) is 11.1. The lowest BCUT2D eigenvalue weighted by Crippen LogP contribution is -2.27. The van der Waals surface area contributed by atoms with Crippen LogP contribution >= 0.6 is 0 Å². The van der Waals surface area contributed by atoms with E-state index in [9.17, 15) is 0 Å². The summed E-state index contributed by atoms with van der Waals surface area (Å²) in [7, 11) is 1.77. The maximum Gasteiger partial charge on any atom is 0.204 e. The number of nitrogens with zero attached hydrogens (tertiary/aromatic N) is 5. The van der Waals surface area contributed by atoms with E-state index >= 15 is 0 Å². The third-order valence-electron chi connectivity index (χ3n) is 3.34.